The van der Waals surface area contributed by atoms with Gasteiger partial charge < -0.3 is 5.11 Å². The maximum atomic E-state index is 8.97. The number of aliphatic hydroxyl groups is 1. The summed E-state index contributed by atoms with van der Waals surface area (Å²) in [5.41, 5.74) is 0.411. The molecule has 0 aliphatic heterocycles. The van der Waals surface area contributed by atoms with Gasteiger partial charge in [0.1, 0.15) is 6.23 Å². The molecule has 2 rings (SSSR count). The Balaban J connectivity index is 1.87. The molecule has 2 saturated carbocycles. The third-order valence-electron chi connectivity index (χ3n) is 2.67. The Kier molecular flexibility index (Phi) is 0.945. The molecular weight excluding hydrogens is 114 g/mol. The van der Waals surface area contributed by atoms with Crippen LogP contribution in [-0.2, 0) is 0 Å². The van der Waals surface area contributed by atoms with Gasteiger partial charge in [-0.3, -0.25) is 5.32 Å². The van der Waals surface area contributed by atoms with Crippen molar-refractivity contribution in [2.45, 2.75) is 38.0 Å². The zero-order chi connectivity index (χ0) is 6.48. The first kappa shape index (κ1) is 5.69. The Morgan fingerprint density at radius 2 is 2.56 bits per heavy atom. The normalized spacial score (nSPS) is 49.3. The summed E-state index contributed by atoms with van der Waals surface area (Å²) in [4.78, 5) is 0. The van der Waals surface area contributed by atoms with Crippen molar-refractivity contribution in [3.63, 3.8) is 0 Å². The molecule has 0 aromatic heterocycles. The third kappa shape index (κ3) is 0.700. The molecule has 9 heavy (non-hydrogen) atoms. The topological polar surface area (TPSA) is 32.3 Å². The van der Waals surface area contributed by atoms with Gasteiger partial charge in [0.05, 0.1) is 0 Å². The van der Waals surface area contributed by atoms with E-state index in [4.69, 9.17) is 5.11 Å². The van der Waals surface area contributed by atoms with Gasteiger partial charge in [0.15, 0.2) is 0 Å². The molecule has 0 saturated heterocycles. The highest BCUT2D eigenvalue weighted by atomic mass is 16.3. The molecule has 2 heteroatoms. The Labute approximate surface area is 55.3 Å². The summed E-state index contributed by atoms with van der Waals surface area (Å²) in [6, 6.07) is 0. The van der Waals surface area contributed by atoms with Gasteiger partial charge in [-0.1, -0.05) is 0 Å². The lowest BCUT2D eigenvalue weighted by Crippen LogP contribution is -2.44. The summed E-state index contributed by atoms with van der Waals surface area (Å²) >= 11 is 0. The summed E-state index contributed by atoms with van der Waals surface area (Å²) in [5.74, 6) is 0.909. The maximum absolute atomic E-state index is 8.97. The lowest BCUT2D eigenvalue weighted by atomic mass is 9.93. The fourth-order valence-electron chi connectivity index (χ4n) is 1.95. The lowest BCUT2D eigenvalue weighted by Gasteiger charge is -2.28. The van der Waals surface area contributed by atoms with Gasteiger partial charge >= 0.3 is 0 Å². The zero-order valence-corrected chi connectivity index (χ0v) is 5.72. The first-order valence-corrected chi connectivity index (χ1v) is 3.69. The van der Waals surface area contributed by atoms with Gasteiger partial charge in [0, 0.05) is 5.54 Å². The van der Waals surface area contributed by atoms with E-state index in [1.807, 2.05) is 0 Å². The van der Waals surface area contributed by atoms with Gasteiger partial charge in [-0.2, -0.15) is 0 Å². The first-order valence-electron chi connectivity index (χ1n) is 3.69. The van der Waals surface area contributed by atoms with Crippen LogP contribution < -0.4 is 5.32 Å². The van der Waals surface area contributed by atoms with E-state index in [1.54, 1.807) is 6.92 Å². The van der Waals surface area contributed by atoms with E-state index >= 15 is 0 Å². The predicted molar refractivity (Wildman–Crippen MR) is 34.9 cm³/mol. The van der Waals surface area contributed by atoms with Crippen LogP contribution in [0.1, 0.15) is 26.2 Å². The number of nitrogens with one attached hydrogen (secondary N) is 1. The highest BCUT2D eigenvalue weighted by Gasteiger charge is 2.61. The summed E-state index contributed by atoms with van der Waals surface area (Å²) in [6.45, 7) is 1.79. The molecule has 0 amide bonds. The summed E-state index contributed by atoms with van der Waals surface area (Å²) in [7, 11) is 0. The molecular formula is C7H13NO. The van der Waals surface area contributed by atoms with E-state index in [0.29, 0.717) is 5.54 Å². The minimum atomic E-state index is -0.310. The molecule has 0 heterocycles. The van der Waals surface area contributed by atoms with Gasteiger partial charge in [-0.25, -0.2) is 0 Å². The van der Waals surface area contributed by atoms with Crippen LogP contribution in [0, 0.1) is 5.92 Å². The SMILES string of the molecule is CC(O)NC12CCC1C2. The van der Waals surface area contributed by atoms with Crippen LogP contribution in [0.5, 0.6) is 0 Å². The van der Waals surface area contributed by atoms with Crippen LogP contribution in [0.4, 0.5) is 0 Å². The summed E-state index contributed by atoms with van der Waals surface area (Å²) in [5, 5.41) is 12.2. The molecule has 2 aliphatic carbocycles. The maximum Gasteiger partial charge on any atom is 0.102 e. The molecule has 0 aromatic carbocycles. The quantitative estimate of drug-likeness (QED) is 0.528. The van der Waals surface area contributed by atoms with Crippen LogP contribution in [0.2, 0.25) is 0 Å². The second-order valence-electron chi connectivity index (χ2n) is 3.42. The summed E-state index contributed by atoms with van der Waals surface area (Å²) < 4.78 is 0. The van der Waals surface area contributed by atoms with Crippen molar-refractivity contribution < 1.29 is 5.11 Å². The fourth-order valence-corrected chi connectivity index (χ4v) is 1.95. The van der Waals surface area contributed by atoms with Crippen molar-refractivity contribution in [1.29, 1.82) is 0 Å². The first-order chi connectivity index (χ1) is 4.23. The molecule has 0 bridgehead atoms. The standard InChI is InChI=1S/C7H13NO/c1-5(9)8-7-3-2-6(7)4-7/h5-6,8-9H,2-4H2,1H3. The minimum Gasteiger partial charge on any atom is -0.379 e. The molecule has 2 aliphatic rings. The predicted octanol–water partition coefficient (Wildman–Crippen LogP) is 0.467. The molecule has 0 spiro atoms. The molecule has 3 atom stereocenters. The van der Waals surface area contributed by atoms with E-state index in [9.17, 15) is 0 Å². The number of hydrogen-bond donors (Lipinski definition) is 2. The smallest absolute Gasteiger partial charge is 0.102 e. The zero-order valence-electron chi connectivity index (χ0n) is 5.72. The van der Waals surface area contributed by atoms with Crippen LogP contribution in [0.25, 0.3) is 0 Å². The molecule has 0 radical (unpaired) electrons. The molecule has 3 unspecified atom stereocenters. The highest BCUT2D eigenvalue weighted by Crippen LogP contribution is 2.59. The lowest BCUT2D eigenvalue weighted by molar-refractivity contribution is 0.113. The van der Waals surface area contributed by atoms with Gasteiger partial charge in [-0.05, 0) is 32.1 Å². The van der Waals surface area contributed by atoms with E-state index in [2.05, 4.69) is 5.32 Å². The number of rotatable bonds is 2. The fraction of sp³-hybridized carbons (Fsp3) is 1.00. The van der Waals surface area contributed by atoms with E-state index in [0.717, 1.165) is 5.92 Å². The molecule has 2 N–H and O–H groups in total. The van der Waals surface area contributed by atoms with Gasteiger partial charge in [0.25, 0.3) is 0 Å². The van der Waals surface area contributed by atoms with Crippen molar-refractivity contribution in [2.75, 3.05) is 0 Å². The highest BCUT2D eigenvalue weighted by molar-refractivity contribution is 5.18. The number of aliphatic hydroxyl groups excluding tert-OH is 1. The van der Waals surface area contributed by atoms with Gasteiger partial charge in [-0.15, -0.1) is 0 Å². The van der Waals surface area contributed by atoms with Crippen LogP contribution in [0.15, 0.2) is 0 Å². The van der Waals surface area contributed by atoms with Crippen molar-refractivity contribution in [1.82, 2.24) is 5.32 Å². The van der Waals surface area contributed by atoms with Crippen LogP contribution in [0.3, 0.4) is 0 Å². The molecule has 52 valence electrons. The Morgan fingerprint density at radius 3 is 2.67 bits per heavy atom. The Morgan fingerprint density at radius 1 is 1.78 bits per heavy atom. The van der Waals surface area contributed by atoms with Crippen molar-refractivity contribution >= 4 is 0 Å². The van der Waals surface area contributed by atoms with Crippen LogP contribution >= 0.6 is 0 Å². The summed E-state index contributed by atoms with van der Waals surface area (Å²) in [6.07, 6.45) is 3.65. The minimum absolute atomic E-state index is 0.310. The molecule has 0 aromatic rings. The van der Waals surface area contributed by atoms with Crippen molar-refractivity contribution in [3.8, 4) is 0 Å². The average Bonchev–Trinajstić information content (AvgIpc) is 2.16. The Hall–Kier alpha value is -0.0800. The monoisotopic (exact) mass is 127 g/mol. The number of fused-ring (bicyclic) bond motifs is 1. The largest absolute Gasteiger partial charge is 0.379 e. The average molecular weight is 127 g/mol. The second-order valence-corrected chi connectivity index (χ2v) is 3.42. The Bertz CT molecular complexity index is 131. The molecule has 2 nitrogen and oxygen atoms in total. The van der Waals surface area contributed by atoms with Gasteiger partial charge in [0.2, 0.25) is 0 Å². The second kappa shape index (κ2) is 1.50. The number of hydrogen-bond acceptors (Lipinski definition) is 2. The molecule has 2 fully saturated rings. The van der Waals surface area contributed by atoms with E-state index in [-0.39, 0.29) is 6.23 Å². The van der Waals surface area contributed by atoms with Crippen molar-refractivity contribution in [2.24, 2.45) is 5.92 Å². The van der Waals surface area contributed by atoms with Crippen molar-refractivity contribution in [3.05, 3.63) is 0 Å². The van der Waals surface area contributed by atoms with E-state index < -0.39 is 0 Å². The van der Waals surface area contributed by atoms with Crippen LogP contribution in [-0.4, -0.2) is 16.9 Å². The van der Waals surface area contributed by atoms with E-state index in [1.165, 1.54) is 19.3 Å². The third-order valence-corrected chi connectivity index (χ3v) is 2.67.